The number of nitrogens with zero attached hydrogens (tertiary/aromatic N) is 2. The molecule has 2 heterocycles. The molecule has 1 fully saturated rings. The Kier molecular flexibility index (Phi) is 6.22. The van der Waals surface area contributed by atoms with Gasteiger partial charge in [0, 0.05) is 35.3 Å². The van der Waals surface area contributed by atoms with Crippen LogP contribution in [-0.4, -0.2) is 50.1 Å². The average molecular weight is 441 g/mol. The SMILES string of the molecule is NC(=NCl)Nc1cncc2cc(S(=O)(=O)NCC3(C(=O)O)CCNCC3)ccc12. The van der Waals surface area contributed by atoms with Gasteiger partial charge >= 0.3 is 5.97 Å². The Morgan fingerprint density at radius 3 is 2.72 bits per heavy atom. The Morgan fingerprint density at radius 2 is 2.07 bits per heavy atom. The minimum atomic E-state index is -3.91. The van der Waals surface area contributed by atoms with Gasteiger partial charge in [0.15, 0.2) is 0 Å². The fourth-order valence-electron chi connectivity index (χ4n) is 3.27. The molecule has 0 atom stereocenters. The highest BCUT2D eigenvalue weighted by Gasteiger charge is 2.40. The van der Waals surface area contributed by atoms with Crippen LogP contribution in [0.4, 0.5) is 5.69 Å². The maximum absolute atomic E-state index is 12.8. The third-order valence-corrected chi connectivity index (χ3v) is 6.59. The number of fused-ring (bicyclic) bond motifs is 1. The Morgan fingerprint density at radius 1 is 1.34 bits per heavy atom. The smallest absolute Gasteiger partial charge is 0.311 e. The van der Waals surface area contributed by atoms with E-state index in [4.69, 9.17) is 17.5 Å². The van der Waals surface area contributed by atoms with E-state index in [1.54, 1.807) is 6.07 Å². The number of aromatic nitrogens is 1. The summed E-state index contributed by atoms with van der Waals surface area (Å²) < 4.78 is 31.3. The quantitative estimate of drug-likeness (QED) is 0.326. The van der Waals surface area contributed by atoms with Crippen molar-refractivity contribution in [2.24, 2.45) is 15.7 Å². The van der Waals surface area contributed by atoms with Crippen molar-refractivity contribution < 1.29 is 18.3 Å². The Bertz CT molecular complexity index is 1050. The highest BCUT2D eigenvalue weighted by molar-refractivity contribution is 7.89. The first-order valence-corrected chi connectivity index (χ1v) is 10.6. The van der Waals surface area contributed by atoms with Gasteiger partial charge in [-0.1, -0.05) is 6.07 Å². The van der Waals surface area contributed by atoms with E-state index in [2.05, 4.69) is 24.9 Å². The van der Waals surface area contributed by atoms with Crippen molar-refractivity contribution in [1.82, 2.24) is 15.0 Å². The average Bonchev–Trinajstić information content (AvgIpc) is 2.72. The van der Waals surface area contributed by atoms with E-state index in [9.17, 15) is 18.3 Å². The van der Waals surface area contributed by atoms with Gasteiger partial charge in [0.2, 0.25) is 16.0 Å². The number of piperidine rings is 1. The zero-order chi connectivity index (χ0) is 21.1. The summed E-state index contributed by atoms with van der Waals surface area (Å²) in [5.41, 5.74) is 4.96. The van der Waals surface area contributed by atoms with Crippen LogP contribution in [-0.2, 0) is 14.8 Å². The van der Waals surface area contributed by atoms with E-state index in [-0.39, 0.29) is 17.4 Å². The van der Waals surface area contributed by atoms with Crippen molar-refractivity contribution in [3.05, 3.63) is 30.6 Å². The lowest BCUT2D eigenvalue weighted by Crippen LogP contribution is -2.49. The molecule has 0 bridgehead atoms. The predicted molar refractivity (Wildman–Crippen MR) is 110 cm³/mol. The number of nitrogens with two attached hydrogens (primary N) is 1. The number of rotatable bonds is 6. The number of carboxylic acid groups (broad SMARTS) is 1. The molecular weight excluding hydrogens is 420 g/mol. The Balaban J connectivity index is 1.86. The molecule has 0 aliphatic carbocycles. The van der Waals surface area contributed by atoms with Gasteiger partial charge in [-0.3, -0.25) is 9.78 Å². The molecule has 0 saturated carbocycles. The molecule has 0 radical (unpaired) electrons. The monoisotopic (exact) mass is 440 g/mol. The minimum absolute atomic E-state index is 0.0115. The molecule has 156 valence electrons. The van der Waals surface area contributed by atoms with Crippen LogP contribution in [0.1, 0.15) is 12.8 Å². The molecule has 12 heteroatoms. The zero-order valence-corrected chi connectivity index (χ0v) is 16.9. The molecule has 2 aromatic rings. The molecular formula is C17H21ClN6O4S. The van der Waals surface area contributed by atoms with Gasteiger partial charge in [0.05, 0.1) is 22.2 Å². The van der Waals surface area contributed by atoms with Crippen LogP contribution in [0.3, 0.4) is 0 Å². The van der Waals surface area contributed by atoms with Crippen LogP contribution in [0.5, 0.6) is 0 Å². The van der Waals surface area contributed by atoms with Crippen molar-refractivity contribution in [2.45, 2.75) is 17.7 Å². The molecule has 3 rings (SSSR count). The molecule has 1 aliphatic heterocycles. The largest absolute Gasteiger partial charge is 0.481 e. The number of carboxylic acids is 1. The summed E-state index contributed by atoms with van der Waals surface area (Å²) in [4.78, 5) is 15.8. The van der Waals surface area contributed by atoms with Gasteiger partial charge in [-0.2, -0.15) is 0 Å². The number of nitrogens with one attached hydrogen (secondary N) is 3. The number of anilines is 1. The summed E-state index contributed by atoms with van der Waals surface area (Å²) in [6.45, 7) is 0.882. The van der Waals surface area contributed by atoms with E-state index in [1.165, 1.54) is 24.5 Å². The number of carbonyl (C=O) groups is 1. The van der Waals surface area contributed by atoms with Gasteiger partial charge < -0.3 is 21.5 Å². The number of guanidine groups is 1. The molecule has 10 nitrogen and oxygen atoms in total. The summed E-state index contributed by atoms with van der Waals surface area (Å²) in [7, 11) is -3.91. The molecule has 6 N–H and O–H groups in total. The lowest BCUT2D eigenvalue weighted by molar-refractivity contribution is -0.150. The number of halogens is 1. The Hall–Kier alpha value is -2.47. The lowest BCUT2D eigenvalue weighted by Gasteiger charge is -2.33. The van der Waals surface area contributed by atoms with Crippen molar-refractivity contribution in [2.75, 3.05) is 25.0 Å². The predicted octanol–water partition coefficient (Wildman–Crippen LogP) is 0.848. The van der Waals surface area contributed by atoms with Crippen molar-refractivity contribution in [3.8, 4) is 0 Å². The summed E-state index contributed by atoms with van der Waals surface area (Å²) >= 11 is 5.32. The van der Waals surface area contributed by atoms with E-state index >= 15 is 0 Å². The number of pyridine rings is 1. The second kappa shape index (κ2) is 8.49. The maximum atomic E-state index is 12.8. The summed E-state index contributed by atoms with van der Waals surface area (Å²) in [6.07, 6.45) is 3.73. The summed E-state index contributed by atoms with van der Waals surface area (Å²) in [5.74, 6) is -1.03. The molecule has 29 heavy (non-hydrogen) atoms. The maximum Gasteiger partial charge on any atom is 0.311 e. The molecule has 1 aliphatic rings. The fraction of sp³-hybridized carbons (Fsp3) is 0.353. The van der Waals surface area contributed by atoms with Crippen LogP contribution in [0.15, 0.2) is 40.0 Å². The van der Waals surface area contributed by atoms with E-state index in [1.807, 2.05) is 0 Å². The van der Waals surface area contributed by atoms with Gasteiger partial charge in [-0.05, 0) is 38.1 Å². The number of sulfonamides is 1. The second-order valence-electron chi connectivity index (χ2n) is 6.82. The summed E-state index contributed by atoms with van der Waals surface area (Å²) in [5, 5.41) is 16.7. The molecule has 0 spiro atoms. The first-order valence-electron chi connectivity index (χ1n) is 8.80. The van der Waals surface area contributed by atoms with Crippen molar-refractivity contribution in [1.29, 1.82) is 0 Å². The Labute approximate surface area is 172 Å². The molecule has 0 amide bonds. The first-order chi connectivity index (χ1) is 13.8. The van der Waals surface area contributed by atoms with Crippen molar-refractivity contribution >= 4 is 50.2 Å². The topological polar surface area (TPSA) is 159 Å². The first kappa shape index (κ1) is 21.2. The number of hydrogen-bond donors (Lipinski definition) is 5. The van der Waals surface area contributed by atoms with Crippen molar-refractivity contribution in [3.63, 3.8) is 0 Å². The molecule has 1 aromatic heterocycles. The number of hydrogen-bond acceptors (Lipinski definition) is 6. The van der Waals surface area contributed by atoms with Crippen LogP contribution in [0, 0.1) is 5.41 Å². The van der Waals surface area contributed by atoms with Crippen LogP contribution < -0.4 is 21.1 Å². The van der Waals surface area contributed by atoms with Gasteiger partial charge in [0.25, 0.3) is 0 Å². The normalized spacial score (nSPS) is 17.2. The number of benzene rings is 1. The van der Waals surface area contributed by atoms with Gasteiger partial charge in [-0.25, -0.2) is 13.1 Å². The van der Waals surface area contributed by atoms with E-state index < -0.39 is 21.4 Å². The summed E-state index contributed by atoms with van der Waals surface area (Å²) in [6, 6.07) is 4.49. The molecule has 0 unspecified atom stereocenters. The van der Waals surface area contributed by atoms with Gasteiger partial charge in [-0.15, -0.1) is 4.51 Å². The third kappa shape index (κ3) is 4.58. The fourth-order valence-corrected chi connectivity index (χ4v) is 4.47. The standard InChI is InChI=1S/C17H21ClN6O4S/c18-24-16(19)23-14-9-21-8-11-7-12(1-2-13(11)14)29(27,28)22-10-17(15(25)26)3-5-20-6-4-17/h1-2,7-9,20,22H,3-6,10H2,(H,25,26)(H3,19,23,24). The van der Waals surface area contributed by atoms with E-state index in [0.29, 0.717) is 42.4 Å². The van der Waals surface area contributed by atoms with Gasteiger partial charge in [0.1, 0.15) is 0 Å². The minimum Gasteiger partial charge on any atom is -0.481 e. The highest BCUT2D eigenvalue weighted by atomic mass is 35.5. The van der Waals surface area contributed by atoms with Crippen LogP contribution >= 0.6 is 11.8 Å². The number of aliphatic carboxylic acids is 1. The van der Waals surface area contributed by atoms with Crippen LogP contribution in [0.2, 0.25) is 0 Å². The molecule has 1 saturated heterocycles. The van der Waals surface area contributed by atoms with Crippen LogP contribution in [0.25, 0.3) is 10.8 Å². The molecule has 1 aromatic carbocycles. The van der Waals surface area contributed by atoms with E-state index in [0.717, 1.165) is 0 Å². The highest BCUT2D eigenvalue weighted by Crippen LogP contribution is 2.29. The zero-order valence-electron chi connectivity index (χ0n) is 15.4. The lowest BCUT2D eigenvalue weighted by atomic mass is 9.79. The third-order valence-electron chi connectivity index (χ3n) is 5.01. The second-order valence-corrected chi connectivity index (χ2v) is 8.76.